The maximum absolute atomic E-state index is 12.5. The van der Waals surface area contributed by atoms with E-state index in [1.165, 1.54) is 6.07 Å². The standard InChI is InChI=1S/C21H18N4O4S/c22-21(27)19-11-15-9-16(6-8-18(15)25-19)24-20(26)12-23-30(28,29)17-7-5-13-3-1-2-4-14(13)10-17/h1-11,23,25H,12H2,(H2,22,27)(H,24,26). The summed E-state index contributed by atoms with van der Waals surface area (Å²) in [6.45, 7) is -0.424. The fourth-order valence-corrected chi connectivity index (χ4v) is 4.14. The van der Waals surface area contributed by atoms with Crippen LogP contribution in [0.15, 0.2) is 71.6 Å². The number of H-pyrrole nitrogens is 1. The van der Waals surface area contributed by atoms with Gasteiger partial charge in [-0.1, -0.05) is 30.3 Å². The van der Waals surface area contributed by atoms with Gasteiger partial charge in [0.1, 0.15) is 5.69 Å². The van der Waals surface area contributed by atoms with Gasteiger partial charge in [0.25, 0.3) is 5.91 Å². The number of anilines is 1. The van der Waals surface area contributed by atoms with Crippen molar-refractivity contribution >= 4 is 49.2 Å². The zero-order valence-corrected chi connectivity index (χ0v) is 16.5. The Kier molecular flexibility index (Phi) is 4.98. The van der Waals surface area contributed by atoms with Gasteiger partial charge in [0, 0.05) is 16.6 Å². The van der Waals surface area contributed by atoms with Crippen molar-refractivity contribution in [3.63, 3.8) is 0 Å². The smallest absolute Gasteiger partial charge is 0.265 e. The molecule has 1 aromatic heterocycles. The van der Waals surface area contributed by atoms with Crippen LogP contribution in [0, 0.1) is 0 Å². The van der Waals surface area contributed by atoms with Gasteiger partial charge < -0.3 is 16.0 Å². The van der Waals surface area contributed by atoms with E-state index in [9.17, 15) is 18.0 Å². The van der Waals surface area contributed by atoms with E-state index in [-0.39, 0.29) is 10.6 Å². The van der Waals surface area contributed by atoms with Gasteiger partial charge in [0.2, 0.25) is 15.9 Å². The first-order valence-corrected chi connectivity index (χ1v) is 10.5. The Bertz CT molecular complexity index is 1390. The van der Waals surface area contributed by atoms with Gasteiger partial charge in [-0.25, -0.2) is 13.1 Å². The molecule has 0 aliphatic rings. The molecule has 0 aliphatic heterocycles. The van der Waals surface area contributed by atoms with Crippen LogP contribution in [0.3, 0.4) is 0 Å². The molecule has 0 saturated carbocycles. The van der Waals surface area contributed by atoms with Crippen LogP contribution < -0.4 is 15.8 Å². The molecular weight excluding hydrogens is 404 g/mol. The summed E-state index contributed by atoms with van der Waals surface area (Å²) in [5.74, 6) is -1.11. The molecule has 0 radical (unpaired) electrons. The predicted molar refractivity (Wildman–Crippen MR) is 115 cm³/mol. The summed E-state index contributed by atoms with van der Waals surface area (Å²) >= 11 is 0. The lowest BCUT2D eigenvalue weighted by atomic mass is 10.1. The number of nitrogens with two attached hydrogens (primary N) is 1. The molecule has 0 atom stereocenters. The minimum absolute atomic E-state index is 0.0849. The molecule has 30 heavy (non-hydrogen) atoms. The average molecular weight is 422 g/mol. The Morgan fingerprint density at radius 3 is 2.43 bits per heavy atom. The van der Waals surface area contributed by atoms with Gasteiger partial charge in [-0.05, 0) is 47.2 Å². The third kappa shape index (κ3) is 4.02. The fraction of sp³-hybridized carbons (Fsp3) is 0.0476. The van der Waals surface area contributed by atoms with Crippen LogP contribution >= 0.6 is 0 Å². The molecule has 2 amide bonds. The van der Waals surface area contributed by atoms with Crippen LogP contribution in [0.25, 0.3) is 21.7 Å². The molecule has 4 aromatic rings. The Balaban J connectivity index is 1.44. The summed E-state index contributed by atoms with van der Waals surface area (Å²) in [4.78, 5) is 26.4. The van der Waals surface area contributed by atoms with Crippen molar-refractivity contribution in [2.45, 2.75) is 4.90 Å². The highest BCUT2D eigenvalue weighted by Gasteiger charge is 2.16. The topological polar surface area (TPSA) is 134 Å². The van der Waals surface area contributed by atoms with Crippen LogP contribution in [0.1, 0.15) is 10.5 Å². The third-order valence-electron chi connectivity index (χ3n) is 4.62. The van der Waals surface area contributed by atoms with Crippen molar-refractivity contribution in [2.75, 3.05) is 11.9 Å². The molecule has 152 valence electrons. The van der Waals surface area contributed by atoms with Gasteiger partial charge in [-0.15, -0.1) is 0 Å². The van der Waals surface area contributed by atoms with Crippen molar-refractivity contribution in [3.8, 4) is 0 Å². The molecule has 0 saturated heterocycles. The minimum atomic E-state index is -3.85. The molecule has 1 heterocycles. The number of aromatic nitrogens is 1. The van der Waals surface area contributed by atoms with Crippen molar-refractivity contribution in [1.82, 2.24) is 9.71 Å². The normalized spacial score (nSPS) is 11.6. The number of aromatic amines is 1. The van der Waals surface area contributed by atoms with Crippen molar-refractivity contribution in [2.24, 2.45) is 5.73 Å². The third-order valence-corrected chi connectivity index (χ3v) is 6.02. The van der Waals surface area contributed by atoms with E-state index in [0.717, 1.165) is 10.8 Å². The number of nitrogens with one attached hydrogen (secondary N) is 3. The van der Waals surface area contributed by atoms with E-state index >= 15 is 0 Å². The molecule has 0 unspecified atom stereocenters. The van der Waals surface area contributed by atoms with Crippen molar-refractivity contribution in [1.29, 1.82) is 0 Å². The predicted octanol–water partition coefficient (Wildman–Crippen LogP) is 2.34. The highest BCUT2D eigenvalue weighted by molar-refractivity contribution is 7.89. The van der Waals surface area contributed by atoms with E-state index in [4.69, 9.17) is 5.73 Å². The molecule has 0 spiro atoms. The molecule has 8 nitrogen and oxygen atoms in total. The van der Waals surface area contributed by atoms with Gasteiger partial charge >= 0.3 is 0 Å². The molecule has 0 bridgehead atoms. The maximum Gasteiger partial charge on any atom is 0.265 e. The van der Waals surface area contributed by atoms with Gasteiger partial charge in [-0.2, -0.15) is 0 Å². The Hall–Kier alpha value is -3.69. The summed E-state index contributed by atoms with van der Waals surface area (Å²) in [5, 5.41) is 5.04. The zero-order chi connectivity index (χ0) is 21.3. The number of rotatable bonds is 6. The Labute approximate surface area is 172 Å². The second-order valence-electron chi connectivity index (χ2n) is 6.73. The Morgan fingerprint density at radius 2 is 1.67 bits per heavy atom. The van der Waals surface area contributed by atoms with E-state index in [1.54, 1.807) is 36.4 Å². The summed E-state index contributed by atoms with van der Waals surface area (Å²) in [6.07, 6.45) is 0. The fourth-order valence-electron chi connectivity index (χ4n) is 3.13. The Morgan fingerprint density at radius 1 is 0.900 bits per heavy atom. The largest absolute Gasteiger partial charge is 0.364 e. The SMILES string of the molecule is NC(=O)c1cc2cc(NC(=O)CNS(=O)(=O)c3ccc4ccccc4c3)ccc2[nH]1. The summed E-state index contributed by atoms with van der Waals surface area (Å²) < 4.78 is 27.4. The summed E-state index contributed by atoms with van der Waals surface area (Å²) in [6, 6.07) is 18.8. The first-order valence-electron chi connectivity index (χ1n) is 9.03. The number of carbonyl (C=O) groups excluding carboxylic acids is 2. The van der Waals surface area contributed by atoms with Gasteiger partial charge in [-0.3, -0.25) is 9.59 Å². The quantitative estimate of drug-likeness (QED) is 0.379. The minimum Gasteiger partial charge on any atom is -0.364 e. The monoisotopic (exact) mass is 422 g/mol. The number of primary amides is 1. The van der Waals surface area contributed by atoms with Crippen LogP contribution in [0.2, 0.25) is 0 Å². The van der Waals surface area contributed by atoms with Crippen molar-refractivity contribution < 1.29 is 18.0 Å². The first kappa shape index (κ1) is 19.6. The van der Waals surface area contributed by atoms with Crippen molar-refractivity contribution in [3.05, 3.63) is 72.4 Å². The van der Waals surface area contributed by atoms with Crippen LogP contribution in [0.5, 0.6) is 0 Å². The van der Waals surface area contributed by atoms with Crippen LogP contribution in [-0.4, -0.2) is 31.8 Å². The van der Waals surface area contributed by atoms with E-state index in [2.05, 4.69) is 15.0 Å². The highest BCUT2D eigenvalue weighted by atomic mass is 32.2. The van der Waals surface area contributed by atoms with Gasteiger partial charge in [0.15, 0.2) is 0 Å². The number of sulfonamides is 1. The molecule has 5 N–H and O–H groups in total. The first-order chi connectivity index (χ1) is 14.3. The van der Waals surface area contributed by atoms with Crippen LogP contribution in [0.4, 0.5) is 5.69 Å². The highest BCUT2D eigenvalue weighted by Crippen LogP contribution is 2.21. The number of hydrogen-bond acceptors (Lipinski definition) is 4. The number of benzene rings is 3. The maximum atomic E-state index is 12.5. The van der Waals surface area contributed by atoms with E-state index in [1.807, 2.05) is 24.3 Å². The lowest BCUT2D eigenvalue weighted by Gasteiger charge is -2.09. The molecule has 0 aliphatic carbocycles. The summed E-state index contributed by atoms with van der Waals surface area (Å²) in [7, 11) is -3.85. The second-order valence-corrected chi connectivity index (χ2v) is 8.50. The van der Waals surface area contributed by atoms with Gasteiger partial charge in [0.05, 0.1) is 11.4 Å². The summed E-state index contributed by atoms with van der Waals surface area (Å²) in [5.41, 5.74) is 6.67. The molecule has 4 rings (SSSR count). The number of amides is 2. The number of hydrogen-bond donors (Lipinski definition) is 4. The average Bonchev–Trinajstić information content (AvgIpc) is 3.16. The zero-order valence-electron chi connectivity index (χ0n) is 15.7. The van der Waals surface area contributed by atoms with E-state index < -0.39 is 28.4 Å². The molecule has 0 fully saturated rings. The van der Waals surface area contributed by atoms with Crippen LogP contribution in [-0.2, 0) is 14.8 Å². The lowest BCUT2D eigenvalue weighted by Crippen LogP contribution is -2.32. The molecule has 3 aromatic carbocycles. The second kappa shape index (κ2) is 7.62. The number of fused-ring (bicyclic) bond motifs is 2. The lowest BCUT2D eigenvalue weighted by molar-refractivity contribution is -0.115. The molecule has 9 heteroatoms. The van der Waals surface area contributed by atoms with E-state index in [0.29, 0.717) is 16.6 Å². The molecular formula is C21H18N4O4S. The number of carbonyl (C=O) groups is 2.